The topological polar surface area (TPSA) is 64.0 Å². The minimum absolute atomic E-state index is 0.196. The van der Waals surface area contributed by atoms with E-state index in [9.17, 15) is 0 Å². The number of thioether (sulfide) groups is 1. The van der Waals surface area contributed by atoms with Gasteiger partial charge in [-0.25, -0.2) is 15.0 Å². The summed E-state index contributed by atoms with van der Waals surface area (Å²) in [6.07, 6.45) is 1.55. The smallest absolute Gasteiger partial charge is 0.225 e. The first-order chi connectivity index (χ1) is 12.7. The van der Waals surface area contributed by atoms with E-state index in [-0.39, 0.29) is 5.28 Å². The lowest BCUT2D eigenvalue weighted by Gasteiger charge is -2.28. The van der Waals surface area contributed by atoms with Gasteiger partial charge in [-0.2, -0.15) is 4.98 Å². The molecule has 0 amide bonds. The number of nitrogens with zero attached hydrogens (tertiary/aromatic N) is 5. The Labute approximate surface area is 164 Å². The summed E-state index contributed by atoms with van der Waals surface area (Å²) in [4.78, 5) is 19.7. The molecule has 0 saturated carbocycles. The lowest BCUT2D eigenvalue weighted by atomic mass is 10.2. The maximum atomic E-state index is 6.19. The summed E-state index contributed by atoms with van der Waals surface area (Å²) in [5.74, 6) is 1.48. The number of benzene rings is 1. The molecule has 1 fully saturated rings. The minimum Gasteiger partial charge on any atom is -0.378 e. The Balaban J connectivity index is 1.67. The van der Waals surface area contributed by atoms with Gasteiger partial charge < -0.3 is 9.64 Å². The summed E-state index contributed by atoms with van der Waals surface area (Å²) in [5.41, 5.74) is 2.54. The number of hydrogen-bond donors (Lipinski definition) is 0. The third-order valence-corrected chi connectivity index (χ3v) is 5.47. The molecular weight excluding hydrogens is 393 g/mol. The normalized spacial score (nSPS) is 14.8. The van der Waals surface area contributed by atoms with Crippen LogP contribution in [0.5, 0.6) is 0 Å². The molecule has 0 radical (unpaired) electrons. The zero-order valence-electron chi connectivity index (χ0n) is 13.7. The molecule has 2 aromatic heterocycles. The molecule has 1 aliphatic rings. The zero-order chi connectivity index (χ0) is 17.9. The second kappa shape index (κ2) is 7.92. The third-order valence-electron chi connectivity index (χ3n) is 4.00. The maximum Gasteiger partial charge on any atom is 0.225 e. The van der Waals surface area contributed by atoms with Crippen LogP contribution in [0.15, 0.2) is 35.6 Å². The quantitative estimate of drug-likeness (QED) is 0.369. The molecule has 1 aromatic carbocycles. The molecule has 4 rings (SSSR count). The molecule has 0 N–H and O–H groups in total. The van der Waals surface area contributed by atoms with E-state index in [4.69, 9.17) is 27.9 Å². The SMILES string of the molecule is Clc1ccc(CSc2ncnc3c(N4CCOCC4)nc(Cl)nc23)cc1. The number of hydrogen-bond acceptors (Lipinski definition) is 7. The zero-order valence-corrected chi connectivity index (χ0v) is 16.1. The molecular formula is C17H15Cl2N5OS. The number of aromatic nitrogens is 4. The number of morpholine rings is 1. The van der Waals surface area contributed by atoms with Gasteiger partial charge in [-0.15, -0.1) is 0 Å². The van der Waals surface area contributed by atoms with Crippen molar-refractivity contribution in [1.29, 1.82) is 0 Å². The number of ether oxygens (including phenoxy) is 1. The highest BCUT2D eigenvalue weighted by Crippen LogP contribution is 2.31. The van der Waals surface area contributed by atoms with E-state index >= 15 is 0 Å². The van der Waals surface area contributed by atoms with E-state index < -0.39 is 0 Å². The van der Waals surface area contributed by atoms with Crippen molar-refractivity contribution < 1.29 is 4.74 Å². The average Bonchev–Trinajstić information content (AvgIpc) is 2.68. The van der Waals surface area contributed by atoms with Gasteiger partial charge in [0.2, 0.25) is 5.28 Å². The average molecular weight is 408 g/mol. The lowest BCUT2D eigenvalue weighted by Crippen LogP contribution is -2.37. The Kier molecular flexibility index (Phi) is 5.40. The van der Waals surface area contributed by atoms with Crippen LogP contribution in [-0.2, 0) is 10.5 Å². The highest BCUT2D eigenvalue weighted by atomic mass is 35.5. The minimum atomic E-state index is 0.196. The van der Waals surface area contributed by atoms with Crippen LogP contribution in [0.2, 0.25) is 10.3 Å². The van der Waals surface area contributed by atoms with Gasteiger partial charge in [-0.3, -0.25) is 0 Å². The molecule has 26 heavy (non-hydrogen) atoms. The van der Waals surface area contributed by atoms with Crippen molar-refractivity contribution in [1.82, 2.24) is 19.9 Å². The Morgan fingerprint density at radius 2 is 1.77 bits per heavy atom. The Morgan fingerprint density at radius 3 is 2.54 bits per heavy atom. The van der Waals surface area contributed by atoms with Gasteiger partial charge >= 0.3 is 0 Å². The largest absolute Gasteiger partial charge is 0.378 e. The van der Waals surface area contributed by atoms with Crippen LogP contribution in [0.25, 0.3) is 11.0 Å². The standard InChI is InChI=1S/C17H15Cl2N5OS/c18-12-3-1-11(2-4-12)9-26-16-14-13(20-10-21-16)15(23-17(19)22-14)24-5-7-25-8-6-24/h1-4,10H,5-9H2. The highest BCUT2D eigenvalue weighted by molar-refractivity contribution is 7.98. The molecule has 0 bridgehead atoms. The van der Waals surface area contributed by atoms with Gasteiger partial charge in [0.15, 0.2) is 5.82 Å². The van der Waals surface area contributed by atoms with Crippen molar-refractivity contribution >= 4 is 51.8 Å². The molecule has 3 aromatic rings. The van der Waals surface area contributed by atoms with Crippen molar-refractivity contribution in [2.24, 2.45) is 0 Å². The third kappa shape index (κ3) is 3.86. The number of rotatable bonds is 4. The van der Waals surface area contributed by atoms with Crippen LogP contribution in [0.1, 0.15) is 5.56 Å². The summed E-state index contributed by atoms with van der Waals surface area (Å²) in [7, 11) is 0. The molecule has 3 heterocycles. The second-order valence-corrected chi connectivity index (χ2v) is 7.45. The van der Waals surface area contributed by atoms with Crippen molar-refractivity contribution in [2.75, 3.05) is 31.2 Å². The predicted octanol–water partition coefficient (Wildman–Crippen LogP) is 3.86. The van der Waals surface area contributed by atoms with Crippen molar-refractivity contribution in [3.63, 3.8) is 0 Å². The van der Waals surface area contributed by atoms with Gasteiger partial charge in [0.1, 0.15) is 22.4 Å². The van der Waals surface area contributed by atoms with Crippen LogP contribution in [-0.4, -0.2) is 46.2 Å². The summed E-state index contributed by atoms with van der Waals surface area (Å²) >= 11 is 13.7. The van der Waals surface area contributed by atoms with Crippen molar-refractivity contribution in [3.8, 4) is 0 Å². The van der Waals surface area contributed by atoms with Crippen molar-refractivity contribution in [2.45, 2.75) is 10.8 Å². The second-order valence-electron chi connectivity index (χ2n) is 5.71. The van der Waals surface area contributed by atoms with E-state index in [0.29, 0.717) is 24.2 Å². The first kappa shape index (κ1) is 17.7. The van der Waals surface area contributed by atoms with Crippen LogP contribution in [0, 0.1) is 0 Å². The monoisotopic (exact) mass is 407 g/mol. The fourth-order valence-corrected chi connectivity index (χ4v) is 3.91. The van der Waals surface area contributed by atoms with Crippen LogP contribution in [0.4, 0.5) is 5.82 Å². The fourth-order valence-electron chi connectivity index (χ4n) is 2.72. The first-order valence-corrected chi connectivity index (χ1v) is 9.83. The van der Waals surface area contributed by atoms with E-state index in [2.05, 4.69) is 24.8 Å². The summed E-state index contributed by atoms with van der Waals surface area (Å²) in [6.45, 7) is 2.82. The lowest BCUT2D eigenvalue weighted by molar-refractivity contribution is 0.122. The highest BCUT2D eigenvalue weighted by Gasteiger charge is 2.20. The van der Waals surface area contributed by atoms with Gasteiger partial charge in [-0.05, 0) is 29.3 Å². The molecule has 6 nitrogen and oxygen atoms in total. The Morgan fingerprint density at radius 1 is 1.00 bits per heavy atom. The van der Waals surface area contributed by atoms with Gasteiger partial charge in [0.05, 0.1) is 13.2 Å². The summed E-state index contributed by atoms with van der Waals surface area (Å²) in [5, 5.41) is 1.70. The van der Waals surface area contributed by atoms with Crippen LogP contribution < -0.4 is 4.90 Å². The summed E-state index contributed by atoms with van der Waals surface area (Å²) in [6, 6.07) is 7.76. The summed E-state index contributed by atoms with van der Waals surface area (Å²) < 4.78 is 5.42. The maximum absolute atomic E-state index is 6.19. The van der Waals surface area contributed by atoms with Gasteiger partial charge in [0.25, 0.3) is 0 Å². The molecule has 0 atom stereocenters. The number of halogens is 2. The number of anilines is 1. The van der Waals surface area contributed by atoms with Crippen LogP contribution in [0.3, 0.4) is 0 Å². The first-order valence-electron chi connectivity index (χ1n) is 8.09. The van der Waals surface area contributed by atoms with Crippen LogP contribution >= 0.6 is 35.0 Å². The van der Waals surface area contributed by atoms with E-state index in [0.717, 1.165) is 40.3 Å². The Hall–Kier alpha value is -1.67. The molecule has 1 aliphatic heterocycles. The predicted molar refractivity (Wildman–Crippen MR) is 104 cm³/mol. The fraction of sp³-hybridized carbons (Fsp3) is 0.294. The van der Waals surface area contributed by atoms with Gasteiger partial charge in [0, 0.05) is 23.9 Å². The van der Waals surface area contributed by atoms with E-state index in [1.165, 1.54) is 0 Å². The molecule has 0 aliphatic carbocycles. The molecule has 9 heteroatoms. The molecule has 0 spiro atoms. The molecule has 1 saturated heterocycles. The molecule has 0 unspecified atom stereocenters. The van der Waals surface area contributed by atoms with Gasteiger partial charge in [-0.1, -0.05) is 35.5 Å². The van der Waals surface area contributed by atoms with E-state index in [1.54, 1.807) is 18.1 Å². The Bertz CT molecular complexity index is 919. The van der Waals surface area contributed by atoms with E-state index in [1.807, 2.05) is 24.3 Å². The molecule has 134 valence electrons. The van der Waals surface area contributed by atoms with Crippen molar-refractivity contribution in [3.05, 3.63) is 46.5 Å². The number of fused-ring (bicyclic) bond motifs is 1.